The van der Waals surface area contributed by atoms with Crippen molar-refractivity contribution in [3.63, 3.8) is 0 Å². The number of alkyl halides is 1. The fourth-order valence-electron chi connectivity index (χ4n) is 10.8. The normalized spacial score (nSPS) is 16.2. The summed E-state index contributed by atoms with van der Waals surface area (Å²) in [6, 6.07) is 33.1. The van der Waals surface area contributed by atoms with E-state index in [4.69, 9.17) is 18.9 Å². The van der Waals surface area contributed by atoms with Gasteiger partial charge in [0.15, 0.2) is 11.6 Å². The van der Waals surface area contributed by atoms with Gasteiger partial charge in [-0.15, -0.1) is 10.2 Å². The second kappa shape index (κ2) is 39.8. The van der Waals surface area contributed by atoms with Crippen molar-refractivity contribution < 1.29 is 26.2 Å². The number of halogens is 1. The zero-order valence-electron chi connectivity index (χ0n) is 50.9. The Labute approximate surface area is 508 Å². The van der Waals surface area contributed by atoms with Gasteiger partial charge in [-0.3, -0.25) is 4.99 Å². The van der Waals surface area contributed by atoms with Crippen LogP contribution in [0.15, 0.2) is 114 Å². The smallest absolute Gasteiger partial charge is 0.159 e. The zero-order chi connectivity index (χ0) is 57.9. The summed E-state index contributed by atoms with van der Waals surface area (Å²) in [6.45, 7) is 17.0. The molecule has 458 valence electrons. The zero-order valence-corrected chi connectivity index (χ0v) is 51.7. The van der Waals surface area contributed by atoms with Gasteiger partial charge in [0.25, 0.3) is 0 Å². The van der Waals surface area contributed by atoms with E-state index in [1.54, 1.807) is 23.7 Å². The van der Waals surface area contributed by atoms with Gasteiger partial charge in [0, 0.05) is 19.9 Å². The van der Waals surface area contributed by atoms with Crippen LogP contribution in [0.2, 0.25) is 0 Å². The van der Waals surface area contributed by atoms with Crippen LogP contribution >= 0.6 is 11.3 Å². The van der Waals surface area contributed by atoms with Crippen LogP contribution in [0.5, 0.6) is 23.0 Å². The maximum Gasteiger partial charge on any atom is 0.159 e. The number of nitrogens with zero attached hydrogens (tertiary/aromatic N) is 5. The predicted molar refractivity (Wildman–Crippen MR) is 353 cm³/mol. The second-order valence-corrected chi connectivity index (χ2v) is 23.9. The number of hydrogen-bond donors (Lipinski definition) is 0. The number of rotatable bonds is 33. The largest absolute Gasteiger partial charge is 0.494 e. The van der Waals surface area contributed by atoms with Gasteiger partial charge >= 0.3 is 0 Å². The highest BCUT2D eigenvalue weighted by atomic mass is 32.1. The van der Waals surface area contributed by atoms with Crippen LogP contribution in [0.4, 0.5) is 4.39 Å². The van der Waals surface area contributed by atoms with E-state index in [2.05, 4.69) is 120 Å². The van der Waals surface area contributed by atoms with Gasteiger partial charge in [-0.25, -0.2) is 14.4 Å². The standard InChI is InChI=1S/C28H38FNO.C23H34N2OS.C20H28N2O2.CH4.2H2/c1-4-5-6-7-8-26(29)21-31-27-15-13-24(14-16-27)22-9-11-23(12-10-22)25-17-19-28(2,30-3)20-18-25;1-2-3-4-5-6-7-11-18-26-21-16-14-20(15-17-21)23-25-24-22(27-23)19-12-9-8-10-13-19;1-3-5-6-7-8-9-14-24-19-15-21-20(22-16-19)17-10-12-18(13-11-17)23-4-2;;;/h9-16,25-26H,3-8,17-21H2,1-2H3;14-17,19H,2-13,18H2,1H3;10-13,15-16H,3-9,14H2,1-2H3;1H4;2*1H. The third kappa shape index (κ3) is 25.2. The molecular weight excluding hydrogens is 1050 g/mol. The topological polar surface area (TPSA) is 101 Å². The molecule has 0 saturated heterocycles. The van der Waals surface area contributed by atoms with E-state index in [9.17, 15) is 4.39 Å². The first-order valence-electron chi connectivity index (χ1n) is 31.9. The summed E-state index contributed by atoms with van der Waals surface area (Å²) < 4.78 is 36.7. The molecule has 2 aliphatic rings. The maximum atomic E-state index is 14.0. The Kier molecular flexibility index (Phi) is 32.6. The molecule has 9 nitrogen and oxygen atoms in total. The van der Waals surface area contributed by atoms with Gasteiger partial charge in [-0.1, -0.05) is 192 Å². The molecule has 2 heterocycles. The van der Waals surface area contributed by atoms with Crippen molar-refractivity contribution >= 4 is 18.1 Å². The third-order valence-corrected chi connectivity index (χ3v) is 17.3. The van der Waals surface area contributed by atoms with E-state index in [1.165, 1.54) is 145 Å². The Bertz CT molecular complexity index is 2590. The van der Waals surface area contributed by atoms with Crippen molar-refractivity contribution in [1.29, 1.82) is 0 Å². The molecule has 0 spiro atoms. The van der Waals surface area contributed by atoms with E-state index in [1.807, 2.05) is 43.3 Å². The molecule has 2 aliphatic carbocycles. The highest BCUT2D eigenvalue weighted by molar-refractivity contribution is 7.14. The molecule has 8 rings (SSSR count). The quantitative estimate of drug-likeness (QED) is 0.0297. The van der Waals surface area contributed by atoms with Crippen molar-refractivity contribution in [2.75, 3.05) is 26.4 Å². The van der Waals surface area contributed by atoms with Crippen LogP contribution in [0, 0.1) is 0 Å². The Morgan fingerprint density at radius 2 is 1.01 bits per heavy atom. The van der Waals surface area contributed by atoms with Crippen molar-refractivity contribution in [2.45, 2.75) is 239 Å². The molecule has 0 amide bonds. The Balaban J connectivity index is 0.000000331. The van der Waals surface area contributed by atoms with Crippen LogP contribution in [0.25, 0.3) is 33.1 Å². The van der Waals surface area contributed by atoms with Crippen LogP contribution in [0.1, 0.15) is 241 Å². The molecule has 11 heteroatoms. The average Bonchev–Trinajstić information content (AvgIpc) is 4.17. The lowest BCUT2D eigenvalue weighted by Gasteiger charge is -2.34. The molecular formula is C72H108FN5O4S. The molecule has 0 aliphatic heterocycles. The minimum absolute atomic E-state index is 0. The highest BCUT2D eigenvalue weighted by Gasteiger charge is 2.30. The van der Waals surface area contributed by atoms with Crippen molar-refractivity contribution in [1.82, 2.24) is 20.2 Å². The molecule has 0 bridgehead atoms. The number of ether oxygens (including phenoxy) is 4. The maximum absolute atomic E-state index is 14.0. The summed E-state index contributed by atoms with van der Waals surface area (Å²) in [5.74, 6) is 5.24. The van der Waals surface area contributed by atoms with Gasteiger partial charge in [0.1, 0.15) is 40.0 Å². The van der Waals surface area contributed by atoms with Gasteiger partial charge in [0.05, 0.1) is 37.8 Å². The van der Waals surface area contributed by atoms with E-state index < -0.39 is 6.17 Å². The molecule has 2 aromatic heterocycles. The molecule has 6 aromatic rings. The fraction of sp³-hybridized carbons (Fsp3) is 0.569. The van der Waals surface area contributed by atoms with Crippen molar-refractivity contribution in [2.24, 2.45) is 4.99 Å². The van der Waals surface area contributed by atoms with E-state index >= 15 is 0 Å². The molecule has 4 aromatic carbocycles. The Hall–Kier alpha value is -5.68. The highest BCUT2D eigenvalue weighted by Crippen LogP contribution is 2.40. The third-order valence-electron chi connectivity index (χ3n) is 16.1. The van der Waals surface area contributed by atoms with E-state index in [0.717, 1.165) is 96.4 Å². The van der Waals surface area contributed by atoms with Crippen LogP contribution < -0.4 is 18.9 Å². The summed E-state index contributed by atoms with van der Waals surface area (Å²) in [7, 11) is 0. The molecule has 83 heavy (non-hydrogen) atoms. The monoisotopic (exact) mass is 1160 g/mol. The lowest BCUT2D eigenvalue weighted by Crippen LogP contribution is -2.27. The Morgan fingerprint density at radius 3 is 1.55 bits per heavy atom. The van der Waals surface area contributed by atoms with Crippen LogP contribution in [0.3, 0.4) is 0 Å². The summed E-state index contributed by atoms with van der Waals surface area (Å²) >= 11 is 1.77. The summed E-state index contributed by atoms with van der Waals surface area (Å²) in [6.07, 6.45) is 35.6. The van der Waals surface area contributed by atoms with Crippen molar-refractivity contribution in [3.8, 4) is 56.1 Å². The number of aliphatic imine (C=N–C) groups is 1. The Morgan fingerprint density at radius 1 is 0.542 bits per heavy atom. The lowest BCUT2D eigenvalue weighted by molar-refractivity contribution is 0.184. The van der Waals surface area contributed by atoms with Gasteiger partial charge in [-0.2, -0.15) is 0 Å². The molecule has 1 atom stereocenters. The van der Waals surface area contributed by atoms with Gasteiger partial charge in [0.2, 0.25) is 0 Å². The van der Waals surface area contributed by atoms with Gasteiger partial charge < -0.3 is 18.9 Å². The first kappa shape index (κ1) is 68.1. The molecule has 0 N–H and O–H groups in total. The first-order chi connectivity index (χ1) is 40.2. The van der Waals surface area contributed by atoms with E-state index in [-0.39, 0.29) is 22.4 Å². The van der Waals surface area contributed by atoms with Gasteiger partial charge in [-0.05, 0) is 162 Å². The second-order valence-electron chi connectivity index (χ2n) is 22.9. The van der Waals surface area contributed by atoms with Crippen molar-refractivity contribution in [3.05, 3.63) is 120 Å². The molecule has 1 unspecified atom stereocenters. The number of unbranched alkanes of at least 4 members (excludes halogenated alkanes) is 14. The number of benzene rings is 4. The summed E-state index contributed by atoms with van der Waals surface area (Å²) in [5, 5.41) is 11.2. The first-order valence-corrected chi connectivity index (χ1v) is 32.7. The molecule has 2 saturated carbocycles. The van der Waals surface area contributed by atoms with Crippen LogP contribution in [-0.4, -0.2) is 65.0 Å². The minimum Gasteiger partial charge on any atom is -0.494 e. The molecule has 2 fully saturated rings. The minimum atomic E-state index is -0.885. The van der Waals surface area contributed by atoms with E-state index in [0.29, 0.717) is 30.7 Å². The van der Waals surface area contributed by atoms with Crippen LogP contribution in [-0.2, 0) is 0 Å². The average molecular weight is 1160 g/mol. The lowest BCUT2D eigenvalue weighted by atomic mass is 9.75. The summed E-state index contributed by atoms with van der Waals surface area (Å²) in [5.41, 5.74) is 5.96. The molecule has 0 radical (unpaired) electrons. The SMILES string of the molecule is C.C=NC1(C)CCC(c2ccc(-c3ccc(OCC(F)CCCCCC)cc3)cc2)CC1.CCCCCCCCCOc1ccc(-c2nnc(C3CCCCC3)s2)cc1.CCCCCCCCOc1cnc(-c2ccc(OCC)cc2)nc1.[HH].[HH]. The summed E-state index contributed by atoms with van der Waals surface area (Å²) in [4.78, 5) is 13.1. The fourth-order valence-corrected chi connectivity index (χ4v) is 11.8. The number of aromatic nitrogens is 4. The number of hydrogen-bond acceptors (Lipinski definition) is 10. The predicted octanol–water partition coefficient (Wildman–Crippen LogP) is 21.9.